The van der Waals surface area contributed by atoms with E-state index in [4.69, 9.17) is 4.74 Å². The molecule has 0 aromatic heterocycles. The van der Waals surface area contributed by atoms with Crippen LogP contribution in [0.5, 0.6) is 11.5 Å². The minimum Gasteiger partial charge on any atom is -0.493 e. The third-order valence-corrected chi connectivity index (χ3v) is 5.96. The summed E-state index contributed by atoms with van der Waals surface area (Å²) < 4.78 is 151. The van der Waals surface area contributed by atoms with Gasteiger partial charge in [-0.15, -0.1) is 0 Å². The molecule has 0 aliphatic rings. The highest BCUT2D eigenvalue weighted by Gasteiger charge is 2.41. The molecule has 0 spiro atoms. The van der Waals surface area contributed by atoms with Gasteiger partial charge in [0.05, 0.1) is 17.7 Å². The van der Waals surface area contributed by atoms with Gasteiger partial charge in [-0.05, 0) is 36.8 Å². The summed E-state index contributed by atoms with van der Waals surface area (Å²) in [6.07, 6.45) is -3.43. The van der Waals surface area contributed by atoms with E-state index < -0.39 is 69.5 Å². The van der Waals surface area contributed by atoms with E-state index in [1.807, 2.05) is 6.92 Å². The Bertz CT molecular complexity index is 1810. The van der Waals surface area contributed by atoms with Gasteiger partial charge in [-0.2, -0.15) is 8.78 Å². The van der Waals surface area contributed by atoms with Gasteiger partial charge in [0.25, 0.3) is 0 Å². The van der Waals surface area contributed by atoms with Crippen LogP contribution in [0.2, 0.25) is 0 Å². The van der Waals surface area contributed by atoms with Crippen molar-refractivity contribution in [2.24, 2.45) is 0 Å². The fourth-order valence-corrected chi connectivity index (χ4v) is 3.77. The van der Waals surface area contributed by atoms with Crippen molar-refractivity contribution in [2.45, 2.75) is 25.9 Å². The number of hydrogen-bond acceptors (Lipinski definition) is 2. The second kappa shape index (κ2) is 13.7. The summed E-state index contributed by atoms with van der Waals surface area (Å²) in [4.78, 5) is 0. The van der Waals surface area contributed by atoms with Gasteiger partial charge >= 0.3 is 6.11 Å². The lowest BCUT2D eigenvalue weighted by atomic mass is 10.1. The SMILES string of the molecule is CCCCOc1cc(F)c(C(F)(F)Oc2cc(F)c(C#Cc3ccc(C#Cc4cc(F)c(F)c(F)c4)c(F)c3)c(F)c2)c(F)c1. The van der Waals surface area contributed by atoms with Crippen molar-refractivity contribution in [3.05, 3.63) is 129 Å². The quantitative estimate of drug-likeness (QED) is 0.0874. The van der Waals surface area contributed by atoms with Crippen molar-refractivity contribution < 1.29 is 53.4 Å². The Kier molecular flexibility index (Phi) is 9.98. The summed E-state index contributed by atoms with van der Waals surface area (Å²) in [5, 5.41) is 0. The van der Waals surface area contributed by atoms with E-state index in [0.717, 1.165) is 12.1 Å². The van der Waals surface area contributed by atoms with Gasteiger partial charge < -0.3 is 9.47 Å². The Balaban J connectivity index is 1.52. The fourth-order valence-electron chi connectivity index (χ4n) is 3.77. The molecule has 2 nitrogen and oxygen atoms in total. The van der Waals surface area contributed by atoms with Crippen LogP contribution in [0.3, 0.4) is 0 Å². The fraction of sp³-hybridized carbons (Fsp3) is 0.152. The first-order chi connectivity index (χ1) is 21.3. The molecule has 0 N–H and O–H groups in total. The molecule has 4 aromatic rings. The maximum atomic E-state index is 14.7. The molecular weight excluding hydrogens is 618 g/mol. The zero-order valence-electron chi connectivity index (χ0n) is 22.9. The molecule has 4 rings (SSSR count). The third kappa shape index (κ3) is 7.90. The predicted molar refractivity (Wildman–Crippen MR) is 142 cm³/mol. The van der Waals surface area contributed by atoms with Crippen LogP contribution >= 0.6 is 0 Å². The van der Waals surface area contributed by atoms with Gasteiger partial charge in [-0.25, -0.2) is 35.1 Å². The molecule has 0 saturated heterocycles. The number of ether oxygens (including phenoxy) is 2. The highest BCUT2D eigenvalue weighted by Crippen LogP contribution is 2.37. The summed E-state index contributed by atoms with van der Waals surface area (Å²) in [5.41, 5.74) is -3.34. The Morgan fingerprint density at radius 2 is 1.16 bits per heavy atom. The van der Waals surface area contributed by atoms with Crippen LogP contribution in [0.25, 0.3) is 0 Å². The van der Waals surface area contributed by atoms with Gasteiger partial charge in [0.1, 0.15) is 46.1 Å². The highest BCUT2D eigenvalue weighted by atomic mass is 19.3. The molecule has 0 aliphatic carbocycles. The minimum atomic E-state index is -4.69. The minimum absolute atomic E-state index is 0.0930. The monoisotopic (exact) mass is 636 g/mol. The van der Waals surface area contributed by atoms with E-state index in [0.29, 0.717) is 49.2 Å². The molecule has 0 aliphatic heterocycles. The molecular formula is C33H18F10O2. The van der Waals surface area contributed by atoms with Crippen LogP contribution in [0.4, 0.5) is 43.9 Å². The maximum Gasteiger partial charge on any atom is 0.432 e. The van der Waals surface area contributed by atoms with Crippen LogP contribution in [0.1, 0.15) is 47.6 Å². The first-order valence-electron chi connectivity index (χ1n) is 13.0. The Labute approximate surface area is 250 Å². The molecule has 45 heavy (non-hydrogen) atoms. The number of hydrogen-bond donors (Lipinski definition) is 0. The van der Waals surface area contributed by atoms with Crippen LogP contribution in [-0.2, 0) is 6.11 Å². The molecule has 0 atom stereocenters. The van der Waals surface area contributed by atoms with Crippen molar-refractivity contribution >= 4 is 0 Å². The first kappa shape index (κ1) is 32.8. The summed E-state index contributed by atoms with van der Waals surface area (Å²) in [6, 6.07) is 6.06. The molecule has 232 valence electrons. The first-order valence-corrected chi connectivity index (χ1v) is 13.0. The number of rotatable bonds is 7. The Morgan fingerprint density at radius 3 is 1.73 bits per heavy atom. The van der Waals surface area contributed by atoms with Crippen molar-refractivity contribution in [3.8, 4) is 35.2 Å². The van der Waals surface area contributed by atoms with Crippen molar-refractivity contribution in [1.29, 1.82) is 0 Å². The van der Waals surface area contributed by atoms with E-state index >= 15 is 0 Å². The number of benzene rings is 4. The molecule has 0 amide bonds. The summed E-state index contributed by atoms with van der Waals surface area (Å²) in [7, 11) is 0. The smallest absolute Gasteiger partial charge is 0.432 e. The second-order valence-electron chi connectivity index (χ2n) is 9.29. The zero-order chi connectivity index (χ0) is 32.9. The van der Waals surface area contributed by atoms with Crippen molar-refractivity contribution in [2.75, 3.05) is 6.61 Å². The van der Waals surface area contributed by atoms with Gasteiger partial charge in [-0.1, -0.05) is 37.0 Å². The lowest BCUT2D eigenvalue weighted by Gasteiger charge is -2.20. The standard InChI is InChI=1S/C33H18F10O2/c1-2-3-10-44-21-14-27(37)31(28(38)15-21)33(42,43)45-22-16-25(35)23(26(36)17-22)9-6-18-4-7-20(24(34)11-18)8-5-19-12-29(39)32(41)30(40)13-19/h4,7,11-17H,2-3,10H2,1H3. The Hall–Kier alpha value is -5.10. The molecule has 0 bridgehead atoms. The molecule has 4 aromatic carbocycles. The van der Waals surface area contributed by atoms with Crippen LogP contribution in [-0.4, -0.2) is 6.61 Å². The van der Waals surface area contributed by atoms with E-state index in [9.17, 15) is 43.9 Å². The molecule has 12 heteroatoms. The molecule has 0 saturated carbocycles. The van der Waals surface area contributed by atoms with Gasteiger partial charge in [-0.3, -0.25) is 0 Å². The van der Waals surface area contributed by atoms with E-state index in [1.165, 1.54) is 6.07 Å². The molecule has 0 fully saturated rings. The van der Waals surface area contributed by atoms with E-state index in [1.54, 1.807) is 0 Å². The lowest BCUT2D eigenvalue weighted by Crippen LogP contribution is -2.25. The maximum absolute atomic E-state index is 14.7. The zero-order valence-corrected chi connectivity index (χ0v) is 22.9. The predicted octanol–water partition coefficient (Wildman–Crippen LogP) is 8.91. The molecule has 0 unspecified atom stereocenters. The summed E-state index contributed by atoms with van der Waals surface area (Å²) >= 11 is 0. The average molecular weight is 636 g/mol. The largest absolute Gasteiger partial charge is 0.493 e. The molecule has 0 heterocycles. The normalized spacial score (nSPS) is 10.9. The average Bonchev–Trinajstić information content (AvgIpc) is 2.94. The lowest BCUT2D eigenvalue weighted by molar-refractivity contribution is -0.189. The summed E-state index contributed by atoms with van der Waals surface area (Å²) in [5.74, 6) is -4.52. The number of alkyl halides is 2. The van der Waals surface area contributed by atoms with Gasteiger partial charge in [0.15, 0.2) is 17.5 Å². The van der Waals surface area contributed by atoms with Crippen LogP contribution in [0, 0.1) is 70.2 Å². The van der Waals surface area contributed by atoms with Crippen LogP contribution in [0.15, 0.2) is 54.6 Å². The van der Waals surface area contributed by atoms with Crippen molar-refractivity contribution in [3.63, 3.8) is 0 Å². The van der Waals surface area contributed by atoms with E-state index in [2.05, 4.69) is 28.4 Å². The molecule has 0 radical (unpaired) electrons. The van der Waals surface area contributed by atoms with Crippen LogP contribution < -0.4 is 9.47 Å². The van der Waals surface area contributed by atoms with Gasteiger partial charge in [0.2, 0.25) is 0 Å². The second-order valence-corrected chi connectivity index (χ2v) is 9.29. The highest BCUT2D eigenvalue weighted by molar-refractivity contribution is 5.50. The van der Waals surface area contributed by atoms with Crippen molar-refractivity contribution in [1.82, 2.24) is 0 Å². The van der Waals surface area contributed by atoms with E-state index in [-0.39, 0.29) is 29.0 Å². The summed E-state index contributed by atoms with van der Waals surface area (Å²) in [6.45, 7) is 1.93. The topological polar surface area (TPSA) is 18.5 Å². The number of halogens is 10. The Morgan fingerprint density at radius 1 is 0.600 bits per heavy atom. The van der Waals surface area contributed by atoms with Gasteiger partial charge in [0, 0.05) is 35.4 Å². The number of unbranched alkanes of at least 4 members (excludes halogenated alkanes) is 1. The third-order valence-electron chi connectivity index (χ3n) is 5.96.